The Hall–Kier alpha value is -1.41. The molecule has 1 heterocycles. The van der Waals surface area contributed by atoms with E-state index in [1.54, 1.807) is 0 Å². The zero-order valence-corrected chi connectivity index (χ0v) is 18.5. The van der Waals surface area contributed by atoms with Crippen LogP contribution in [0.4, 0.5) is 4.79 Å². The number of aliphatic hydroxyl groups is 1. The molecule has 8 heteroatoms. The number of epoxide rings is 1. The van der Waals surface area contributed by atoms with Crippen molar-refractivity contribution < 1.29 is 28.9 Å². The van der Waals surface area contributed by atoms with Crippen molar-refractivity contribution in [3.8, 4) is 0 Å². The van der Waals surface area contributed by atoms with Crippen molar-refractivity contribution in [3.05, 3.63) is 23.8 Å². The summed E-state index contributed by atoms with van der Waals surface area (Å²) in [6.45, 7) is 10.9. The van der Waals surface area contributed by atoms with E-state index in [1.807, 2.05) is 20.8 Å². The van der Waals surface area contributed by atoms with Crippen LogP contribution in [0.1, 0.15) is 47.0 Å². The first kappa shape index (κ1) is 23.9. The van der Waals surface area contributed by atoms with Crippen LogP contribution in [0.5, 0.6) is 0 Å². The molecule has 0 aromatic carbocycles. The molecule has 0 bridgehead atoms. The Labute approximate surface area is 177 Å². The molecule has 2 aliphatic rings. The van der Waals surface area contributed by atoms with E-state index in [4.69, 9.17) is 25.8 Å². The largest absolute Gasteiger partial charge is 0.443 e. The number of imide groups is 1. The Morgan fingerprint density at radius 1 is 1.38 bits per heavy atom. The molecule has 6 unspecified atom stereocenters. The molecular formula is C21H32ClNO6. The van der Waals surface area contributed by atoms with Gasteiger partial charge in [-0.25, -0.2) is 4.79 Å². The average molecular weight is 430 g/mol. The summed E-state index contributed by atoms with van der Waals surface area (Å²) in [5.74, 6) is -1.09. The zero-order valence-electron chi connectivity index (χ0n) is 17.8. The normalized spacial score (nSPS) is 36.1. The second-order valence-corrected chi connectivity index (χ2v) is 8.71. The van der Waals surface area contributed by atoms with Crippen molar-refractivity contribution in [1.82, 2.24) is 5.32 Å². The highest BCUT2D eigenvalue weighted by Gasteiger charge is 2.67. The van der Waals surface area contributed by atoms with Gasteiger partial charge < -0.3 is 19.3 Å². The molecule has 2 rings (SSSR count). The summed E-state index contributed by atoms with van der Waals surface area (Å²) in [5.41, 5.74) is -0.505. The maximum atomic E-state index is 12.2. The fourth-order valence-corrected chi connectivity index (χ4v) is 4.49. The summed E-state index contributed by atoms with van der Waals surface area (Å²) >= 11 is 6.16. The Bertz CT molecular complexity index is 691. The molecule has 0 radical (unpaired) electrons. The lowest BCUT2D eigenvalue weighted by Crippen LogP contribution is -2.61. The van der Waals surface area contributed by atoms with Crippen LogP contribution >= 0.6 is 11.6 Å². The Balaban J connectivity index is 2.20. The molecule has 0 spiro atoms. The van der Waals surface area contributed by atoms with Gasteiger partial charge in [-0.2, -0.15) is 0 Å². The summed E-state index contributed by atoms with van der Waals surface area (Å²) < 4.78 is 17.2. The predicted molar refractivity (Wildman–Crippen MR) is 110 cm³/mol. The highest BCUT2D eigenvalue weighted by molar-refractivity contribution is 6.18. The van der Waals surface area contributed by atoms with E-state index in [1.165, 1.54) is 19.6 Å². The molecular weight excluding hydrogens is 398 g/mol. The van der Waals surface area contributed by atoms with Crippen LogP contribution in [-0.4, -0.2) is 59.6 Å². The van der Waals surface area contributed by atoms with Crippen LogP contribution in [0.3, 0.4) is 0 Å². The van der Waals surface area contributed by atoms with Crippen molar-refractivity contribution in [2.24, 2.45) is 5.92 Å². The molecule has 0 aromatic rings. The van der Waals surface area contributed by atoms with E-state index in [9.17, 15) is 14.7 Å². The van der Waals surface area contributed by atoms with Gasteiger partial charge in [-0.1, -0.05) is 18.2 Å². The van der Waals surface area contributed by atoms with Gasteiger partial charge in [-0.05, 0) is 47.0 Å². The first-order chi connectivity index (χ1) is 13.5. The number of alkyl halides is 1. The Kier molecular flexibility index (Phi) is 7.54. The minimum atomic E-state index is -1.22. The second kappa shape index (κ2) is 9.16. The third-order valence-electron chi connectivity index (χ3n) is 5.84. The molecule has 1 saturated carbocycles. The van der Waals surface area contributed by atoms with E-state index in [2.05, 4.69) is 18.0 Å². The highest BCUT2D eigenvalue weighted by atomic mass is 35.5. The molecule has 2 N–H and O–H groups in total. The maximum Gasteiger partial charge on any atom is 0.414 e. The Morgan fingerprint density at radius 2 is 2.03 bits per heavy atom. The summed E-state index contributed by atoms with van der Waals surface area (Å²) in [6, 6.07) is 0. The molecule has 1 aliphatic heterocycles. The minimum absolute atomic E-state index is 0.0128. The number of carbonyl (C=O) groups excluding carboxylic acids is 2. The van der Waals surface area contributed by atoms with E-state index in [0.29, 0.717) is 19.3 Å². The van der Waals surface area contributed by atoms with Crippen LogP contribution in [-0.2, 0) is 19.0 Å². The van der Waals surface area contributed by atoms with Crippen molar-refractivity contribution in [2.75, 3.05) is 13.0 Å². The molecule has 1 saturated heterocycles. The van der Waals surface area contributed by atoms with Crippen molar-refractivity contribution in [3.63, 3.8) is 0 Å². The smallest absolute Gasteiger partial charge is 0.414 e. The highest BCUT2D eigenvalue weighted by Crippen LogP contribution is 2.54. The number of alkyl carbamates (subject to hydrolysis) is 1. The number of carbonyl (C=O) groups is 2. The lowest BCUT2D eigenvalue weighted by molar-refractivity contribution is -0.170. The number of methoxy groups -OCH3 is 1. The van der Waals surface area contributed by atoms with E-state index in [-0.39, 0.29) is 17.6 Å². The predicted octanol–water partition coefficient (Wildman–Crippen LogP) is 3.09. The standard InChI is InChI=1S/C21H32ClNO6/c1-12(2)7-8-15-20(5,29-15)17-16(27-6)14(9-10-21(17,26)11-22)28-19(25)23-18(24)13(3)4/h7,14-17,26H,3,8-11H2,1-2,4-6H3,(H,23,24,25). The maximum absolute atomic E-state index is 12.2. The first-order valence-corrected chi connectivity index (χ1v) is 10.3. The summed E-state index contributed by atoms with van der Waals surface area (Å²) in [7, 11) is 1.50. The average Bonchev–Trinajstić information content (AvgIpc) is 3.31. The fourth-order valence-electron chi connectivity index (χ4n) is 4.19. The van der Waals surface area contributed by atoms with E-state index >= 15 is 0 Å². The molecule has 2 amide bonds. The molecule has 0 aromatic heterocycles. The van der Waals surface area contributed by atoms with Crippen LogP contribution in [0.2, 0.25) is 0 Å². The number of hydrogen-bond acceptors (Lipinski definition) is 6. The van der Waals surface area contributed by atoms with Gasteiger partial charge in [0.25, 0.3) is 5.91 Å². The Morgan fingerprint density at radius 3 is 2.55 bits per heavy atom. The van der Waals surface area contributed by atoms with Crippen LogP contribution in [0, 0.1) is 5.92 Å². The molecule has 7 nitrogen and oxygen atoms in total. The van der Waals surface area contributed by atoms with Crippen molar-refractivity contribution >= 4 is 23.6 Å². The number of halogens is 1. The van der Waals surface area contributed by atoms with Gasteiger partial charge in [0, 0.05) is 12.7 Å². The minimum Gasteiger partial charge on any atom is -0.443 e. The first-order valence-electron chi connectivity index (χ1n) is 9.78. The van der Waals surface area contributed by atoms with Gasteiger partial charge in [0.2, 0.25) is 0 Å². The SMILES string of the molecule is C=C(C)C(=O)NC(=O)OC1CCC(O)(CCl)C(C2(C)OC2CC=C(C)C)C1OC. The van der Waals surface area contributed by atoms with Gasteiger partial charge in [-0.3, -0.25) is 10.1 Å². The third-order valence-corrected chi connectivity index (χ3v) is 6.30. The van der Waals surface area contributed by atoms with Crippen LogP contribution < -0.4 is 5.32 Å². The van der Waals surface area contributed by atoms with Gasteiger partial charge in [0.1, 0.15) is 17.8 Å². The van der Waals surface area contributed by atoms with Crippen molar-refractivity contribution in [1.29, 1.82) is 0 Å². The van der Waals surface area contributed by atoms with E-state index in [0.717, 1.165) is 0 Å². The molecule has 164 valence electrons. The van der Waals surface area contributed by atoms with Crippen LogP contribution in [0.25, 0.3) is 0 Å². The molecule has 6 atom stereocenters. The fraction of sp³-hybridized carbons (Fsp3) is 0.714. The van der Waals surface area contributed by atoms with Crippen LogP contribution in [0.15, 0.2) is 23.8 Å². The molecule has 29 heavy (non-hydrogen) atoms. The number of hydrogen-bond donors (Lipinski definition) is 2. The van der Waals surface area contributed by atoms with Crippen molar-refractivity contribution in [2.45, 2.75) is 76.5 Å². The monoisotopic (exact) mass is 429 g/mol. The summed E-state index contributed by atoms with van der Waals surface area (Å²) in [4.78, 5) is 23.8. The second-order valence-electron chi connectivity index (χ2n) is 8.44. The lowest BCUT2D eigenvalue weighted by Gasteiger charge is -2.48. The number of amides is 2. The van der Waals surface area contributed by atoms with Gasteiger partial charge in [-0.15, -0.1) is 11.6 Å². The number of ether oxygens (including phenoxy) is 3. The van der Waals surface area contributed by atoms with E-state index < -0.39 is 41.3 Å². The number of allylic oxidation sites excluding steroid dienone is 1. The molecule has 1 aliphatic carbocycles. The summed E-state index contributed by atoms with van der Waals surface area (Å²) in [5, 5.41) is 13.4. The number of nitrogens with one attached hydrogen (secondary N) is 1. The lowest BCUT2D eigenvalue weighted by atomic mass is 9.66. The topological polar surface area (TPSA) is 97.4 Å². The number of rotatable bonds is 7. The third kappa shape index (κ3) is 5.20. The van der Waals surface area contributed by atoms with Gasteiger partial charge in [0.05, 0.1) is 23.5 Å². The summed E-state index contributed by atoms with van der Waals surface area (Å²) in [6.07, 6.45) is 1.21. The zero-order chi connectivity index (χ0) is 22.0. The van der Waals surface area contributed by atoms with Gasteiger partial charge >= 0.3 is 6.09 Å². The molecule has 2 fully saturated rings. The van der Waals surface area contributed by atoms with Gasteiger partial charge in [0.15, 0.2) is 0 Å². The quantitative estimate of drug-likeness (QED) is 0.279.